The van der Waals surface area contributed by atoms with Crippen LogP contribution >= 0.6 is 0 Å². The van der Waals surface area contributed by atoms with Gasteiger partial charge >= 0.3 is 5.97 Å². The van der Waals surface area contributed by atoms with E-state index >= 15 is 0 Å². The van der Waals surface area contributed by atoms with E-state index in [0.29, 0.717) is 16.7 Å². The van der Waals surface area contributed by atoms with Crippen LogP contribution in [0.1, 0.15) is 32.0 Å². The standard InChI is InChI=1S/C18H15NO3/c1-11-14-10-13(17(20)12-6-4-3-5-7-12)8-9-15(14)19(2)16(11)18(21)22/h3-10H,1-2H3,(H,21,22). The Morgan fingerprint density at radius 1 is 1.00 bits per heavy atom. The van der Waals surface area contributed by atoms with Gasteiger partial charge in [-0.2, -0.15) is 0 Å². The Hall–Kier alpha value is -2.88. The van der Waals surface area contributed by atoms with Gasteiger partial charge in [0.2, 0.25) is 0 Å². The zero-order valence-corrected chi connectivity index (χ0v) is 12.3. The molecule has 0 radical (unpaired) electrons. The number of carboxylic acid groups (broad SMARTS) is 1. The van der Waals surface area contributed by atoms with E-state index in [1.165, 1.54) is 0 Å². The second-order valence-electron chi connectivity index (χ2n) is 5.26. The summed E-state index contributed by atoms with van der Waals surface area (Å²) in [5.74, 6) is -1.03. The Labute approximate surface area is 127 Å². The molecule has 22 heavy (non-hydrogen) atoms. The minimum absolute atomic E-state index is 0.0670. The van der Waals surface area contributed by atoms with Crippen LogP contribution in [0.25, 0.3) is 10.9 Å². The lowest BCUT2D eigenvalue weighted by molar-refractivity contribution is 0.0686. The van der Waals surface area contributed by atoms with Crippen molar-refractivity contribution in [3.05, 3.63) is 70.9 Å². The smallest absolute Gasteiger partial charge is 0.352 e. The summed E-state index contributed by atoms with van der Waals surface area (Å²) in [4.78, 5) is 23.9. The number of nitrogens with zero attached hydrogens (tertiary/aromatic N) is 1. The SMILES string of the molecule is Cc1c(C(=O)O)n(C)c2ccc(C(=O)c3ccccc3)cc12. The van der Waals surface area contributed by atoms with Crippen LogP contribution in [0.2, 0.25) is 0 Å². The van der Waals surface area contributed by atoms with Gasteiger partial charge in [-0.15, -0.1) is 0 Å². The molecule has 1 heterocycles. The van der Waals surface area contributed by atoms with Gasteiger partial charge in [-0.05, 0) is 30.7 Å². The van der Waals surface area contributed by atoms with Crippen LogP contribution in [-0.2, 0) is 7.05 Å². The first-order chi connectivity index (χ1) is 10.5. The largest absolute Gasteiger partial charge is 0.477 e. The lowest BCUT2D eigenvalue weighted by Gasteiger charge is -2.03. The first-order valence-corrected chi connectivity index (χ1v) is 6.92. The summed E-state index contributed by atoms with van der Waals surface area (Å²) in [6, 6.07) is 14.4. The molecule has 0 bridgehead atoms. The lowest BCUT2D eigenvalue weighted by atomic mass is 10.0. The fourth-order valence-corrected chi connectivity index (χ4v) is 2.83. The van der Waals surface area contributed by atoms with Crippen molar-refractivity contribution in [1.82, 2.24) is 4.57 Å². The van der Waals surface area contributed by atoms with E-state index in [2.05, 4.69) is 0 Å². The molecule has 0 atom stereocenters. The molecule has 2 aromatic carbocycles. The molecule has 0 aliphatic heterocycles. The second kappa shape index (κ2) is 5.15. The number of fused-ring (bicyclic) bond motifs is 1. The maximum Gasteiger partial charge on any atom is 0.352 e. The first kappa shape index (κ1) is 14.1. The third-order valence-electron chi connectivity index (χ3n) is 3.95. The number of ketones is 1. The maximum atomic E-state index is 12.5. The average molecular weight is 293 g/mol. The lowest BCUT2D eigenvalue weighted by Crippen LogP contribution is -2.05. The van der Waals surface area contributed by atoms with Gasteiger partial charge < -0.3 is 9.67 Å². The molecule has 4 heteroatoms. The molecule has 0 aliphatic rings. The summed E-state index contributed by atoms with van der Waals surface area (Å²) in [7, 11) is 1.72. The molecule has 1 aromatic heterocycles. The summed E-state index contributed by atoms with van der Waals surface area (Å²) in [5, 5.41) is 10.1. The molecule has 110 valence electrons. The molecule has 0 amide bonds. The van der Waals surface area contributed by atoms with Crippen LogP contribution in [-0.4, -0.2) is 21.4 Å². The maximum absolute atomic E-state index is 12.5. The van der Waals surface area contributed by atoms with E-state index < -0.39 is 5.97 Å². The van der Waals surface area contributed by atoms with Gasteiger partial charge in [0.15, 0.2) is 5.78 Å². The topological polar surface area (TPSA) is 59.3 Å². The molecule has 0 spiro atoms. The molecule has 3 aromatic rings. The fourth-order valence-electron chi connectivity index (χ4n) is 2.83. The number of aromatic nitrogens is 1. The molecular formula is C18H15NO3. The van der Waals surface area contributed by atoms with Crippen LogP contribution in [0.15, 0.2) is 48.5 Å². The van der Waals surface area contributed by atoms with Crippen LogP contribution in [0.4, 0.5) is 0 Å². The van der Waals surface area contributed by atoms with Crippen molar-refractivity contribution >= 4 is 22.7 Å². The van der Waals surface area contributed by atoms with E-state index in [1.54, 1.807) is 48.9 Å². The molecule has 3 rings (SSSR count). The number of carbonyl (C=O) groups excluding carboxylic acids is 1. The Kier molecular flexibility index (Phi) is 3.29. The van der Waals surface area contributed by atoms with E-state index in [1.807, 2.05) is 18.2 Å². The van der Waals surface area contributed by atoms with E-state index in [-0.39, 0.29) is 11.5 Å². The first-order valence-electron chi connectivity index (χ1n) is 6.92. The van der Waals surface area contributed by atoms with Crippen LogP contribution in [0.5, 0.6) is 0 Å². The highest BCUT2D eigenvalue weighted by atomic mass is 16.4. The molecule has 0 aliphatic carbocycles. The van der Waals surface area contributed by atoms with Crippen molar-refractivity contribution in [2.24, 2.45) is 7.05 Å². The van der Waals surface area contributed by atoms with E-state index in [4.69, 9.17) is 0 Å². The molecule has 0 unspecified atom stereocenters. The molecule has 0 saturated carbocycles. The van der Waals surface area contributed by atoms with Gasteiger partial charge in [-0.1, -0.05) is 30.3 Å². The van der Waals surface area contributed by atoms with E-state index in [9.17, 15) is 14.7 Å². The highest BCUT2D eigenvalue weighted by Gasteiger charge is 2.19. The van der Waals surface area contributed by atoms with Crippen molar-refractivity contribution in [2.75, 3.05) is 0 Å². The number of hydrogen-bond acceptors (Lipinski definition) is 2. The van der Waals surface area contributed by atoms with Crippen LogP contribution in [0.3, 0.4) is 0 Å². The summed E-state index contributed by atoms with van der Waals surface area (Å²) >= 11 is 0. The summed E-state index contributed by atoms with van der Waals surface area (Å²) in [6.45, 7) is 1.77. The number of benzene rings is 2. The number of aromatic carboxylic acids is 1. The van der Waals surface area contributed by atoms with Gasteiger partial charge in [0, 0.05) is 29.1 Å². The predicted octanol–water partition coefficient (Wildman–Crippen LogP) is 3.42. The molecule has 4 nitrogen and oxygen atoms in total. The van der Waals surface area contributed by atoms with Crippen molar-refractivity contribution in [3.63, 3.8) is 0 Å². The third kappa shape index (κ3) is 2.09. The highest BCUT2D eigenvalue weighted by molar-refractivity contribution is 6.11. The van der Waals surface area contributed by atoms with Crippen molar-refractivity contribution < 1.29 is 14.7 Å². The molecular weight excluding hydrogens is 278 g/mol. The number of carboxylic acids is 1. The summed E-state index contributed by atoms with van der Waals surface area (Å²) in [6.07, 6.45) is 0. The van der Waals surface area contributed by atoms with Gasteiger partial charge in [-0.3, -0.25) is 4.79 Å². The minimum atomic E-state index is -0.966. The number of rotatable bonds is 3. The van der Waals surface area contributed by atoms with Crippen molar-refractivity contribution in [3.8, 4) is 0 Å². The number of carbonyl (C=O) groups is 2. The normalized spacial score (nSPS) is 10.8. The van der Waals surface area contributed by atoms with Gasteiger partial charge in [0.25, 0.3) is 0 Å². The monoisotopic (exact) mass is 293 g/mol. The van der Waals surface area contributed by atoms with Gasteiger partial charge in [0.1, 0.15) is 5.69 Å². The zero-order chi connectivity index (χ0) is 15.9. The molecule has 0 saturated heterocycles. The fraction of sp³-hybridized carbons (Fsp3) is 0.111. The predicted molar refractivity (Wildman–Crippen MR) is 84.5 cm³/mol. The second-order valence-corrected chi connectivity index (χ2v) is 5.26. The molecule has 0 fully saturated rings. The summed E-state index contributed by atoms with van der Waals surface area (Å²) in [5.41, 5.74) is 2.91. The Morgan fingerprint density at radius 3 is 2.32 bits per heavy atom. The van der Waals surface area contributed by atoms with Crippen LogP contribution in [0, 0.1) is 6.92 Å². The number of hydrogen-bond donors (Lipinski definition) is 1. The highest BCUT2D eigenvalue weighted by Crippen LogP contribution is 2.26. The zero-order valence-electron chi connectivity index (χ0n) is 12.3. The van der Waals surface area contributed by atoms with Crippen molar-refractivity contribution in [1.29, 1.82) is 0 Å². The minimum Gasteiger partial charge on any atom is -0.477 e. The Bertz CT molecular complexity index is 892. The Balaban J connectivity index is 2.17. The van der Waals surface area contributed by atoms with Crippen molar-refractivity contribution in [2.45, 2.75) is 6.92 Å². The van der Waals surface area contributed by atoms with Gasteiger partial charge in [0.05, 0.1) is 0 Å². The van der Waals surface area contributed by atoms with E-state index in [0.717, 1.165) is 10.9 Å². The average Bonchev–Trinajstić information content (AvgIpc) is 2.78. The quantitative estimate of drug-likeness (QED) is 0.753. The van der Waals surface area contributed by atoms with Gasteiger partial charge in [-0.25, -0.2) is 4.79 Å². The number of aryl methyl sites for hydroxylation is 2. The molecule has 1 N–H and O–H groups in total. The van der Waals surface area contributed by atoms with Crippen LogP contribution < -0.4 is 0 Å². The Morgan fingerprint density at radius 2 is 1.68 bits per heavy atom. The third-order valence-corrected chi connectivity index (χ3v) is 3.95. The summed E-state index contributed by atoms with van der Waals surface area (Å²) < 4.78 is 1.64.